The standard InChI is InChI=1S/C18H20SeTe/c1-2-3-14-20-18(15-16-10-6-4-7-11-16)19-17-12-8-5-9-13-17/h4-13,15H,2-3,14H2,1H3. The molecule has 0 nitrogen and oxygen atoms in total. The molecule has 0 bridgehead atoms. The summed E-state index contributed by atoms with van der Waals surface area (Å²) in [7, 11) is 0. The summed E-state index contributed by atoms with van der Waals surface area (Å²) in [6, 6.07) is 21.7. The van der Waals surface area contributed by atoms with Crippen LogP contribution in [0.4, 0.5) is 0 Å². The first-order valence-corrected chi connectivity index (χ1v) is 11.5. The average Bonchev–Trinajstić information content (AvgIpc) is 2.49. The summed E-state index contributed by atoms with van der Waals surface area (Å²) in [5.74, 6) is 0. The predicted molar refractivity (Wildman–Crippen MR) is 91.7 cm³/mol. The van der Waals surface area contributed by atoms with Gasteiger partial charge in [-0.3, -0.25) is 0 Å². The van der Waals surface area contributed by atoms with E-state index in [2.05, 4.69) is 73.7 Å². The van der Waals surface area contributed by atoms with E-state index >= 15 is 0 Å². The van der Waals surface area contributed by atoms with Gasteiger partial charge in [-0.1, -0.05) is 0 Å². The molecule has 0 aliphatic rings. The van der Waals surface area contributed by atoms with Crippen LogP contribution < -0.4 is 4.46 Å². The maximum atomic E-state index is 2.45. The van der Waals surface area contributed by atoms with Crippen molar-refractivity contribution in [1.82, 2.24) is 0 Å². The van der Waals surface area contributed by atoms with Crippen LogP contribution in [0.1, 0.15) is 25.3 Å². The Bertz CT molecular complexity index is 520. The van der Waals surface area contributed by atoms with Crippen molar-refractivity contribution in [2.75, 3.05) is 0 Å². The van der Waals surface area contributed by atoms with Crippen LogP contribution in [-0.2, 0) is 0 Å². The van der Waals surface area contributed by atoms with Gasteiger partial charge in [0.25, 0.3) is 0 Å². The van der Waals surface area contributed by atoms with E-state index in [0.717, 1.165) is 0 Å². The zero-order valence-electron chi connectivity index (χ0n) is 11.8. The Labute approximate surface area is 138 Å². The van der Waals surface area contributed by atoms with E-state index in [1.54, 1.807) is 2.52 Å². The molecule has 0 atom stereocenters. The van der Waals surface area contributed by atoms with E-state index in [4.69, 9.17) is 0 Å². The summed E-state index contributed by atoms with van der Waals surface area (Å²) in [5, 5.41) is 0. The van der Waals surface area contributed by atoms with Crippen LogP contribution in [-0.4, -0.2) is 35.9 Å². The van der Waals surface area contributed by atoms with Crippen molar-refractivity contribution in [3.05, 3.63) is 68.7 Å². The fourth-order valence-electron chi connectivity index (χ4n) is 1.71. The molecule has 0 amide bonds. The van der Waals surface area contributed by atoms with Crippen molar-refractivity contribution in [3.63, 3.8) is 0 Å². The van der Waals surface area contributed by atoms with Crippen molar-refractivity contribution >= 4 is 46.4 Å². The molecule has 0 fully saturated rings. The van der Waals surface area contributed by atoms with Crippen LogP contribution in [0.5, 0.6) is 0 Å². The fourth-order valence-corrected chi connectivity index (χ4v) is 9.25. The van der Waals surface area contributed by atoms with Crippen LogP contribution in [0.25, 0.3) is 6.08 Å². The number of rotatable bonds is 7. The van der Waals surface area contributed by atoms with E-state index in [0.29, 0.717) is 15.0 Å². The minimum atomic E-state index is -0.0000771. The van der Waals surface area contributed by atoms with E-state index in [1.807, 2.05) is 0 Å². The van der Waals surface area contributed by atoms with Gasteiger partial charge >= 0.3 is 139 Å². The first-order valence-electron chi connectivity index (χ1n) is 7.01. The Morgan fingerprint density at radius 3 is 2.30 bits per heavy atom. The summed E-state index contributed by atoms with van der Waals surface area (Å²) in [6.45, 7) is 2.29. The second kappa shape index (κ2) is 9.43. The molecular weight excluding hydrogens is 423 g/mol. The normalized spacial score (nSPS) is 11.6. The Hall–Kier alpha value is -0.511. The quantitative estimate of drug-likeness (QED) is 0.450. The molecule has 0 aromatic heterocycles. The van der Waals surface area contributed by atoms with Gasteiger partial charge in [-0.05, 0) is 0 Å². The zero-order valence-corrected chi connectivity index (χ0v) is 15.8. The number of hydrogen-bond donors (Lipinski definition) is 0. The molecule has 2 rings (SSSR count). The van der Waals surface area contributed by atoms with Crippen LogP contribution in [0.3, 0.4) is 0 Å². The second-order valence-corrected chi connectivity index (χ2v) is 11.9. The van der Waals surface area contributed by atoms with Gasteiger partial charge in [0.2, 0.25) is 0 Å². The molecule has 0 heterocycles. The van der Waals surface area contributed by atoms with Gasteiger partial charge in [-0.15, -0.1) is 0 Å². The van der Waals surface area contributed by atoms with Gasteiger partial charge in [-0.25, -0.2) is 0 Å². The van der Waals surface area contributed by atoms with E-state index in [1.165, 1.54) is 27.3 Å². The molecule has 2 heteroatoms. The summed E-state index contributed by atoms with van der Waals surface area (Å²) >= 11 is 0.507. The molecule has 0 saturated carbocycles. The van der Waals surface area contributed by atoms with Crippen molar-refractivity contribution in [1.29, 1.82) is 0 Å². The summed E-state index contributed by atoms with van der Waals surface area (Å²) < 4.78 is 4.67. The van der Waals surface area contributed by atoms with Gasteiger partial charge in [0.05, 0.1) is 0 Å². The van der Waals surface area contributed by atoms with Crippen LogP contribution in [0.2, 0.25) is 4.47 Å². The summed E-state index contributed by atoms with van der Waals surface area (Å²) in [6.07, 6.45) is 5.16. The molecule has 0 aliphatic heterocycles. The maximum absolute atomic E-state index is 2.45. The Morgan fingerprint density at radius 2 is 1.65 bits per heavy atom. The van der Waals surface area contributed by atoms with Gasteiger partial charge in [0.1, 0.15) is 0 Å². The SMILES string of the molecule is CCCC[Te]C(=Cc1ccccc1)[Se]c1ccccc1. The second-order valence-electron chi connectivity index (χ2n) is 4.49. The predicted octanol–water partition coefficient (Wildman–Crippen LogP) is 3.94. The Balaban J connectivity index is 2.10. The minimum absolute atomic E-state index is 0.0000771. The van der Waals surface area contributed by atoms with Crippen molar-refractivity contribution < 1.29 is 0 Å². The molecule has 0 N–H and O–H groups in total. The third-order valence-electron chi connectivity index (χ3n) is 2.79. The van der Waals surface area contributed by atoms with E-state index < -0.39 is 0 Å². The Morgan fingerprint density at radius 1 is 1.00 bits per heavy atom. The van der Waals surface area contributed by atoms with Gasteiger partial charge < -0.3 is 0 Å². The first kappa shape index (κ1) is 15.9. The molecule has 2 aromatic carbocycles. The van der Waals surface area contributed by atoms with E-state index in [9.17, 15) is 0 Å². The number of benzene rings is 2. The zero-order chi connectivity index (χ0) is 14.0. The fraction of sp³-hybridized carbons (Fsp3) is 0.222. The summed E-state index contributed by atoms with van der Waals surface area (Å²) in [5.41, 5.74) is 1.36. The molecule has 20 heavy (non-hydrogen) atoms. The molecule has 0 aliphatic carbocycles. The summed E-state index contributed by atoms with van der Waals surface area (Å²) in [4.78, 5) is 0. The van der Waals surface area contributed by atoms with Crippen LogP contribution in [0, 0.1) is 0 Å². The molecule has 0 radical (unpaired) electrons. The molecule has 104 valence electrons. The topological polar surface area (TPSA) is 0 Å². The van der Waals surface area contributed by atoms with E-state index in [-0.39, 0.29) is 20.9 Å². The number of hydrogen-bond acceptors (Lipinski definition) is 0. The Kier molecular flexibility index (Phi) is 7.48. The van der Waals surface area contributed by atoms with Crippen molar-refractivity contribution in [3.8, 4) is 0 Å². The van der Waals surface area contributed by atoms with Gasteiger partial charge in [0, 0.05) is 0 Å². The molecule has 0 saturated heterocycles. The number of unbranched alkanes of at least 4 members (excludes halogenated alkanes) is 1. The van der Waals surface area contributed by atoms with Crippen molar-refractivity contribution in [2.24, 2.45) is 0 Å². The van der Waals surface area contributed by atoms with Crippen molar-refractivity contribution in [2.45, 2.75) is 24.2 Å². The van der Waals surface area contributed by atoms with Crippen LogP contribution >= 0.6 is 0 Å². The monoisotopic (exact) mass is 446 g/mol. The first-order chi connectivity index (χ1) is 9.88. The third kappa shape index (κ3) is 5.86. The molecular formula is C18H20SeTe. The van der Waals surface area contributed by atoms with Gasteiger partial charge in [0.15, 0.2) is 0 Å². The van der Waals surface area contributed by atoms with Crippen LogP contribution in [0.15, 0.2) is 63.2 Å². The average molecular weight is 443 g/mol. The molecule has 0 unspecified atom stereocenters. The third-order valence-corrected chi connectivity index (χ3v) is 9.97. The van der Waals surface area contributed by atoms with Gasteiger partial charge in [-0.2, -0.15) is 0 Å². The molecule has 0 spiro atoms. The molecule has 2 aromatic rings.